The lowest BCUT2D eigenvalue weighted by Gasteiger charge is -2.06. The standard InChI is InChI=1S/C18H18N2O/c1-13-7-8-17-15(9-13)10-16(18(21)20-17)12-19-11-14-5-3-2-4-6-14/h2-10,19H,11-12H2,1H3,(H,20,21). The predicted molar refractivity (Wildman–Crippen MR) is 86.3 cm³/mol. The fourth-order valence-corrected chi connectivity index (χ4v) is 2.44. The molecule has 0 aliphatic carbocycles. The van der Waals surface area contributed by atoms with Gasteiger partial charge in [0.2, 0.25) is 0 Å². The maximum Gasteiger partial charge on any atom is 0.252 e. The van der Waals surface area contributed by atoms with Crippen molar-refractivity contribution >= 4 is 10.9 Å². The van der Waals surface area contributed by atoms with E-state index in [0.29, 0.717) is 6.54 Å². The van der Waals surface area contributed by atoms with E-state index in [0.717, 1.165) is 23.0 Å². The Kier molecular flexibility index (Phi) is 3.84. The molecule has 0 spiro atoms. The number of fused-ring (bicyclic) bond motifs is 1. The molecule has 0 radical (unpaired) electrons. The van der Waals surface area contributed by atoms with Crippen LogP contribution in [0.2, 0.25) is 0 Å². The summed E-state index contributed by atoms with van der Waals surface area (Å²) in [6, 6.07) is 18.2. The Morgan fingerprint density at radius 3 is 2.62 bits per heavy atom. The monoisotopic (exact) mass is 278 g/mol. The molecule has 0 aliphatic heterocycles. The van der Waals surface area contributed by atoms with Gasteiger partial charge in [-0.3, -0.25) is 4.79 Å². The summed E-state index contributed by atoms with van der Waals surface area (Å²) in [7, 11) is 0. The SMILES string of the molecule is Cc1ccc2[nH]c(=O)c(CNCc3ccccc3)cc2c1. The molecule has 106 valence electrons. The number of benzene rings is 2. The van der Waals surface area contributed by atoms with Gasteiger partial charge in [0.25, 0.3) is 5.56 Å². The van der Waals surface area contributed by atoms with Crippen LogP contribution in [0.1, 0.15) is 16.7 Å². The van der Waals surface area contributed by atoms with Gasteiger partial charge in [0.15, 0.2) is 0 Å². The minimum absolute atomic E-state index is 0.0214. The van der Waals surface area contributed by atoms with Gasteiger partial charge in [-0.2, -0.15) is 0 Å². The van der Waals surface area contributed by atoms with Crippen molar-refractivity contribution in [1.82, 2.24) is 10.3 Å². The number of hydrogen-bond donors (Lipinski definition) is 2. The van der Waals surface area contributed by atoms with E-state index >= 15 is 0 Å². The molecular weight excluding hydrogens is 260 g/mol. The van der Waals surface area contributed by atoms with Crippen molar-refractivity contribution in [1.29, 1.82) is 0 Å². The summed E-state index contributed by atoms with van der Waals surface area (Å²) in [5, 5.41) is 4.39. The van der Waals surface area contributed by atoms with Crippen LogP contribution in [-0.2, 0) is 13.1 Å². The molecular formula is C18H18N2O. The number of rotatable bonds is 4. The van der Waals surface area contributed by atoms with E-state index in [-0.39, 0.29) is 5.56 Å². The van der Waals surface area contributed by atoms with Gasteiger partial charge < -0.3 is 10.3 Å². The van der Waals surface area contributed by atoms with Crippen molar-refractivity contribution in [2.24, 2.45) is 0 Å². The average Bonchev–Trinajstić information content (AvgIpc) is 2.49. The van der Waals surface area contributed by atoms with E-state index in [4.69, 9.17) is 0 Å². The van der Waals surface area contributed by atoms with Crippen LogP contribution in [0.5, 0.6) is 0 Å². The number of H-pyrrole nitrogens is 1. The number of aryl methyl sites for hydroxylation is 1. The van der Waals surface area contributed by atoms with E-state index in [1.165, 1.54) is 11.1 Å². The smallest absolute Gasteiger partial charge is 0.252 e. The number of aromatic amines is 1. The second kappa shape index (κ2) is 5.94. The second-order valence-corrected chi connectivity index (χ2v) is 5.30. The van der Waals surface area contributed by atoms with Crippen LogP contribution in [0.25, 0.3) is 10.9 Å². The van der Waals surface area contributed by atoms with Crippen LogP contribution in [-0.4, -0.2) is 4.98 Å². The first-order valence-electron chi connectivity index (χ1n) is 7.09. The zero-order chi connectivity index (χ0) is 14.7. The van der Waals surface area contributed by atoms with Gasteiger partial charge >= 0.3 is 0 Å². The highest BCUT2D eigenvalue weighted by Crippen LogP contribution is 2.13. The van der Waals surface area contributed by atoms with Crippen molar-refractivity contribution in [3.8, 4) is 0 Å². The highest BCUT2D eigenvalue weighted by atomic mass is 16.1. The first-order chi connectivity index (χ1) is 10.2. The molecule has 21 heavy (non-hydrogen) atoms. The summed E-state index contributed by atoms with van der Waals surface area (Å²) in [6.07, 6.45) is 0. The predicted octanol–water partition coefficient (Wildman–Crippen LogP) is 3.13. The van der Waals surface area contributed by atoms with Crippen molar-refractivity contribution in [3.05, 3.63) is 81.6 Å². The highest BCUT2D eigenvalue weighted by Gasteiger charge is 2.03. The van der Waals surface area contributed by atoms with Gasteiger partial charge in [-0.15, -0.1) is 0 Å². The van der Waals surface area contributed by atoms with Gasteiger partial charge in [0.1, 0.15) is 0 Å². The maximum atomic E-state index is 12.1. The lowest BCUT2D eigenvalue weighted by atomic mass is 10.1. The Bertz CT molecular complexity index is 806. The van der Waals surface area contributed by atoms with Crippen molar-refractivity contribution < 1.29 is 0 Å². The van der Waals surface area contributed by atoms with Crippen LogP contribution in [0, 0.1) is 6.92 Å². The second-order valence-electron chi connectivity index (χ2n) is 5.30. The zero-order valence-electron chi connectivity index (χ0n) is 12.0. The molecule has 3 rings (SSSR count). The molecule has 3 heteroatoms. The third-order valence-electron chi connectivity index (χ3n) is 3.56. The first kappa shape index (κ1) is 13.6. The Balaban J connectivity index is 1.77. The molecule has 0 saturated heterocycles. The van der Waals surface area contributed by atoms with Crippen LogP contribution in [0.3, 0.4) is 0 Å². The quantitative estimate of drug-likeness (QED) is 0.770. The van der Waals surface area contributed by atoms with Crippen molar-refractivity contribution in [3.63, 3.8) is 0 Å². The molecule has 0 atom stereocenters. The summed E-state index contributed by atoms with van der Waals surface area (Å²) in [5.41, 5.74) is 4.04. The number of nitrogens with one attached hydrogen (secondary N) is 2. The largest absolute Gasteiger partial charge is 0.322 e. The van der Waals surface area contributed by atoms with Gasteiger partial charge in [-0.05, 0) is 36.1 Å². The lowest BCUT2D eigenvalue weighted by Crippen LogP contribution is -2.20. The highest BCUT2D eigenvalue weighted by molar-refractivity contribution is 5.79. The Hall–Kier alpha value is -2.39. The third-order valence-corrected chi connectivity index (χ3v) is 3.56. The molecule has 1 heterocycles. The summed E-state index contributed by atoms with van der Waals surface area (Å²) < 4.78 is 0. The molecule has 0 amide bonds. The third kappa shape index (κ3) is 3.20. The summed E-state index contributed by atoms with van der Waals surface area (Å²) in [4.78, 5) is 15.0. The van der Waals surface area contributed by atoms with Gasteiger partial charge in [-0.1, -0.05) is 42.0 Å². The average molecular weight is 278 g/mol. The molecule has 0 unspecified atom stereocenters. The minimum atomic E-state index is -0.0214. The maximum absolute atomic E-state index is 12.1. The van der Waals surface area contributed by atoms with Crippen LogP contribution < -0.4 is 10.9 Å². The summed E-state index contributed by atoms with van der Waals surface area (Å²) in [6.45, 7) is 3.37. The van der Waals surface area contributed by atoms with E-state index in [2.05, 4.69) is 35.4 Å². The first-order valence-corrected chi connectivity index (χ1v) is 7.09. The van der Waals surface area contributed by atoms with Crippen LogP contribution in [0.15, 0.2) is 59.4 Å². The Morgan fingerprint density at radius 2 is 1.81 bits per heavy atom. The van der Waals surface area contributed by atoms with Crippen LogP contribution >= 0.6 is 0 Å². The summed E-state index contributed by atoms with van der Waals surface area (Å²) in [5.74, 6) is 0. The minimum Gasteiger partial charge on any atom is -0.322 e. The molecule has 0 saturated carbocycles. The molecule has 0 fully saturated rings. The van der Waals surface area contributed by atoms with Gasteiger partial charge in [0.05, 0.1) is 0 Å². The fraction of sp³-hybridized carbons (Fsp3) is 0.167. The van der Waals surface area contributed by atoms with E-state index < -0.39 is 0 Å². The Labute approximate surface area is 123 Å². The van der Waals surface area contributed by atoms with Gasteiger partial charge in [-0.25, -0.2) is 0 Å². The molecule has 3 nitrogen and oxygen atoms in total. The zero-order valence-corrected chi connectivity index (χ0v) is 12.0. The van der Waals surface area contributed by atoms with Crippen LogP contribution in [0.4, 0.5) is 0 Å². The molecule has 2 aromatic carbocycles. The Morgan fingerprint density at radius 1 is 1.00 bits per heavy atom. The molecule has 1 aromatic heterocycles. The fourth-order valence-electron chi connectivity index (χ4n) is 2.44. The normalized spacial score (nSPS) is 10.9. The topological polar surface area (TPSA) is 44.9 Å². The summed E-state index contributed by atoms with van der Waals surface area (Å²) >= 11 is 0. The number of aromatic nitrogens is 1. The lowest BCUT2D eigenvalue weighted by molar-refractivity contribution is 0.688. The van der Waals surface area contributed by atoms with E-state index in [1.54, 1.807) is 0 Å². The molecule has 2 N–H and O–H groups in total. The number of pyridine rings is 1. The molecule has 0 aliphatic rings. The van der Waals surface area contributed by atoms with Crippen molar-refractivity contribution in [2.75, 3.05) is 0 Å². The van der Waals surface area contributed by atoms with E-state index in [1.807, 2.05) is 36.4 Å². The number of hydrogen-bond acceptors (Lipinski definition) is 2. The van der Waals surface area contributed by atoms with E-state index in [9.17, 15) is 4.79 Å². The van der Waals surface area contributed by atoms with Crippen molar-refractivity contribution in [2.45, 2.75) is 20.0 Å². The molecule has 0 bridgehead atoms. The molecule has 3 aromatic rings. The van der Waals surface area contributed by atoms with Gasteiger partial charge in [0, 0.05) is 24.2 Å².